The van der Waals surface area contributed by atoms with Crippen LogP contribution >= 0.6 is 0 Å². The highest BCUT2D eigenvalue weighted by atomic mass is 19.1. The number of carbonyl (C=O) groups is 1. The number of halogens is 1. The molecule has 2 rings (SSSR count). The zero-order chi connectivity index (χ0) is 12.0. The average Bonchev–Trinajstić information content (AvgIpc) is 2.14. The Hall–Kier alpha value is -0.640. The number of hydrogen-bond acceptors (Lipinski definition) is 2. The van der Waals surface area contributed by atoms with Crippen LogP contribution in [0, 0.1) is 11.3 Å². The van der Waals surface area contributed by atoms with Crippen molar-refractivity contribution in [3.8, 4) is 0 Å². The number of nitrogens with zero attached hydrogens (tertiary/aromatic N) is 1. The molecule has 0 amide bonds. The minimum Gasteiger partial charge on any atom is -0.481 e. The summed E-state index contributed by atoms with van der Waals surface area (Å²) in [5, 5.41) is 9.35. The Morgan fingerprint density at radius 3 is 2.25 bits per heavy atom. The third kappa shape index (κ3) is 1.83. The molecular weight excluding hydrogens is 209 g/mol. The Morgan fingerprint density at radius 1 is 1.38 bits per heavy atom. The van der Waals surface area contributed by atoms with E-state index in [1.54, 1.807) is 0 Å². The predicted octanol–water partition coefficient (Wildman–Crippen LogP) is 1.92. The van der Waals surface area contributed by atoms with E-state index >= 15 is 0 Å². The van der Waals surface area contributed by atoms with Crippen LogP contribution in [0.2, 0.25) is 0 Å². The van der Waals surface area contributed by atoms with Crippen molar-refractivity contribution in [2.24, 2.45) is 11.3 Å². The number of carboxylic acid groups (broad SMARTS) is 1. The first-order valence-corrected chi connectivity index (χ1v) is 5.97. The molecule has 1 saturated carbocycles. The summed E-state index contributed by atoms with van der Waals surface area (Å²) in [7, 11) is 2.05. The van der Waals surface area contributed by atoms with E-state index in [1.807, 2.05) is 7.05 Å². The Balaban J connectivity index is 2.07. The Kier molecular flexibility index (Phi) is 2.73. The number of rotatable bonds is 2. The maximum atomic E-state index is 13.6. The second-order valence-electron chi connectivity index (χ2n) is 5.81. The van der Waals surface area contributed by atoms with E-state index in [4.69, 9.17) is 0 Å². The van der Waals surface area contributed by atoms with Gasteiger partial charge in [-0.05, 0) is 58.7 Å². The highest BCUT2D eigenvalue weighted by Gasteiger charge is 2.61. The highest BCUT2D eigenvalue weighted by molar-refractivity contribution is 5.77. The lowest BCUT2D eigenvalue weighted by Gasteiger charge is -2.53. The predicted molar refractivity (Wildman–Crippen MR) is 59.0 cm³/mol. The van der Waals surface area contributed by atoms with Crippen LogP contribution in [0.5, 0.6) is 0 Å². The fourth-order valence-electron chi connectivity index (χ4n) is 3.44. The Morgan fingerprint density at radius 2 is 1.88 bits per heavy atom. The summed E-state index contributed by atoms with van der Waals surface area (Å²) in [6.45, 7) is 3.38. The molecule has 0 spiro atoms. The molecule has 0 atom stereocenters. The molecule has 0 aromatic heterocycles. The third-order valence-electron chi connectivity index (χ3n) is 4.29. The van der Waals surface area contributed by atoms with Gasteiger partial charge in [0.2, 0.25) is 0 Å². The second kappa shape index (κ2) is 3.69. The first kappa shape index (κ1) is 11.8. The van der Waals surface area contributed by atoms with Crippen molar-refractivity contribution in [1.82, 2.24) is 4.90 Å². The fourth-order valence-corrected chi connectivity index (χ4v) is 3.44. The van der Waals surface area contributed by atoms with Crippen LogP contribution in [0.15, 0.2) is 0 Å². The zero-order valence-electron chi connectivity index (χ0n) is 10.0. The van der Waals surface area contributed by atoms with Crippen molar-refractivity contribution in [2.75, 3.05) is 20.1 Å². The summed E-state index contributed by atoms with van der Waals surface area (Å²) < 4.78 is 13.6. The molecule has 1 aliphatic carbocycles. The van der Waals surface area contributed by atoms with E-state index in [9.17, 15) is 14.3 Å². The van der Waals surface area contributed by atoms with Crippen LogP contribution in [-0.4, -0.2) is 41.8 Å². The molecule has 0 aromatic rings. The van der Waals surface area contributed by atoms with Crippen molar-refractivity contribution in [1.29, 1.82) is 0 Å². The molecule has 4 heteroatoms. The Bertz CT molecular complexity index is 287. The molecule has 2 aliphatic rings. The largest absolute Gasteiger partial charge is 0.481 e. The molecular formula is C12H20FNO2. The van der Waals surface area contributed by atoms with E-state index in [1.165, 1.54) is 6.92 Å². The van der Waals surface area contributed by atoms with E-state index in [0.29, 0.717) is 0 Å². The molecule has 1 aliphatic heterocycles. The lowest BCUT2D eigenvalue weighted by atomic mass is 9.53. The van der Waals surface area contributed by atoms with Gasteiger partial charge in [-0.1, -0.05) is 0 Å². The van der Waals surface area contributed by atoms with Gasteiger partial charge in [0.1, 0.15) is 5.67 Å². The molecule has 1 heterocycles. The van der Waals surface area contributed by atoms with E-state index < -0.39 is 17.1 Å². The second-order valence-corrected chi connectivity index (χ2v) is 5.81. The number of aliphatic carboxylic acids is 1. The van der Waals surface area contributed by atoms with Crippen LogP contribution in [0.4, 0.5) is 4.39 Å². The van der Waals surface area contributed by atoms with Gasteiger partial charge in [-0.3, -0.25) is 4.79 Å². The van der Waals surface area contributed by atoms with Gasteiger partial charge in [0, 0.05) is 0 Å². The van der Waals surface area contributed by atoms with Crippen LogP contribution in [0.1, 0.15) is 32.6 Å². The highest BCUT2D eigenvalue weighted by Crippen LogP contribution is 2.57. The monoisotopic (exact) mass is 229 g/mol. The van der Waals surface area contributed by atoms with Gasteiger partial charge in [-0.2, -0.15) is 0 Å². The molecule has 0 unspecified atom stereocenters. The number of carboxylic acids is 1. The molecule has 16 heavy (non-hydrogen) atoms. The molecule has 0 radical (unpaired) electrons. The molecule has 0 bridgehead atoms. The number of piperidine rings is 1. The smallest absolute Gasteiger partial charge is 0.310 e. The summed E-state index contributed by atoms with van der Waals surface area (Å²) in [5.41, 5.74) is -2.04. The van der Waals surface area contributed by atoms with Crippen molar-refractivity contribution in [3.05, 3.63) is 0 Å². The maximum Gasteiger partial charge on any atom is 0.310 e. The standard InChI is InChI=1S/C12H20FNO2/c1-11(13)7-12(8-11,10(15)16)9-3-5-14(2)6-4-9/h9H,3-8H2,1-2H3,(H,15,16). The van der Waals surface area contributed by atoms with Gasteiger partial charge in [0.05, 0.1) is 5.41 Å². The van der Waals surface area contributed by atoms with Crippen LogP contribution in [0.3, 0.4) is 0 Å². The quantitative estimate of drug-likeness (QED) is 0.786. The van der Waals surface area contributed by atoms with Crippen molar-refractivity contribution in [2.45, 2.75) is 38.3 Å². The molecule has 0 aromatic carbocycles. The van der Waals surface area contributed by atoms with Crippen molar-refractivity contribution >= 4 is 5.97 Å². The number of alkyl halides is 1. The lowest BCUT2D eigenvalue weighted by molar-refractivity contribution is -0.178. The third-order valence-corrected chi connectivity index (χ3v) is 4.29. The minimum absolute atomic E-state index is 0.157. The van der Waals surface area contributed by atoms with Gasteiger partial charge in [0.15, 0.2) is 0 Å². The lowest BCUT2D eigenvalue weighted by Crippen LogP contribution is -2.57. The topological polar surface area (TPSA) is 40.5 Å². The van der Waals surface area contributed by atoms with Crippen LogP contribution < -0.4 is 0 Å². The summed E-state index contributed by atoms with van der Waals surface area (Å²) in [5.74, 6) is -0.637. The molecule has 3 nitrogen and oxygen atoms in total. The summed E-state index contributed by atoms with van der Waals surface area (Å²) in [4.78, 5) is 13.6. The van der Waals surface area contributed by atoms with Crippen LogP contribution in [-0.2, 0) is 4.79 Å². The first-order chi connectivity index (χ1) is 7.36. The summed E-state index contributed by atoms with van der Waals surface area (Å²) >= 11 is 0. The van der Waals surface area contributed by atoms with Crippen molar-refractivity contribution < 1.29 is 14.3 Å². The summed E-state index contributed by atoms with van der Waals surface area (Å²) in [6.07, 6.45) is 2.17. The normalized spacial score (nSPS) is 41.7. The molecule has 1 N–H and O–H groups in total. The fraction of sp³-hybridized carbons (Fsp3) is 0.917. The molecule has 2 fully saturated rings. The van der Waals surface area contributed by atoms with Crippen molar-refractivity contribution in [3.63, 3.8) is 0 Å². The molecule has 1 saturated heterocycles. The minimum atomic E-state index is -1.26. The Labute approximate surface area is 95.6 Å². The maximum absolute atomic E-state index is 13.6. The van der Waals surface area contributed by atoms with Gasteiger partial charge < -0.3 is 10.0 Å². The van der Waals surface area contributed by atoms with Gasteiger partial charge in [-0.25, -0.2) is 4.39 Å². The summed E-state index contributed by atoms with van der Waals surface area (Å²) in [6, 6.07) is 0. The SMILES string of the molecule is CN1CCC(C2(C(=O)O)CC(C)(F)C2)CC1. The van der Waals surface area contributed by atoms with Crippen LogP contribution in [0.25, 0.3) is 0 Å². The number of likely N-dealkylation sites (tertiary alicyclic amines) is 1. The first-order valence-electron chi connectivity index (χ1n) is 5.97. The zero-order valence-corrected chi connectivity index (χ0v) is 10.0. The van der Waals surface area contributed by atoms with Gasteiger partial charge in [0.25, 0.3) is 0 Å². The van der Waals surface area contributed by atoms with E-state index in [2.05, 4.69) is 4.90 Å². The average molecular weight is 229 g/mol. The van der Waals surface area contributed by atoms with Gasteiger partial charge >= 0.3 is 5.97 Å². The number of hydrogen-bond donors (Lipinski definition) is 1. The van der Waals surface area contributed by atoms with E-state index in [-0.39, 0.29) is 18.8 Å². The van der Waals surface area contributed by atoms with Gasteiger partial charge in [-0.15, -0.1) is 0 Å². The van der Waals surface area contributed by atoms with E-state index in [0.717, 1.165) is 25.9 Å². The molecule has 92 valence electrons.